The molecule has 1 aliphatic carbocycles. The number of nitrogens with two attached hydrogens (primary N) is 1. The average molecular weight is 260 g/mol. The monoisotopic (exact) mass is 260 g/mol. The summed E-state index contributed by atoms with van der Waals surface area (Å²) >= 11 is 0. The largest absolute Gasteiger partial charge is 0.323 e. The quantitative estimate of drug-likeness (QED) is 0.847. The summed E-state index contributed by atoms with van der Waals surface area (Å²) in [7, 11) is 2.20. The molecule has 2 rings (SSSR count). The lowest BCUT2D eigenvalue weighted by atomic mass is 9.99. The van der Waals surface area contributed by atoms with E-state index < -0.39 is 0 Å². The summed E-state index contributed by atoms with van der Waals surface area (Å²) < 4.78 is 0. The summed E-state index contributed by atoms with van der Waals surface area (Å²) in [5.41, 5.74) is 8.97. The van der Waals surface area contributed by atoms with Gasteiger partial charge in [-0.15, -0.1) is 0 Å². The van der Waals surface area contributed by atoms with Crippen LogP contribution in [0.4, 0.5) is 0 Å². The molecule has 0 amide bonds. The van der Waals surface area contributed by atoms with Crippen LogP contribution in [0, 0.1) is 5.92 Å². The number of rotatable bonds is 6. The van der Waals surface area contributed by atoms with E-state index in [1.165, 1.54) is 24.0 Å². The standard InChI is InChI=1S/C17H28N2/c1-12(2)14-5-9-16(10-6-14)17(18)11-19(4)13(3)15-7-8-15/h5-6,9-10,12-13,15,17H,7-8,11,18H2,1-4H3. The summed E-state index contributed by atoms with van der Waals surface area (Å²) in [5, 5.41) is 0. The van der Waals surface area contributed by atoms with Gasteiger partial charge in [-0.2, -0.15) is 0 Å². The van der Waals surface area contributed by atoms with E-state index in [0.717, 1.165) is 12.5 Å². The first-order valence-electron chi connectivity index (χ1n) is 7.54. The number of likely N-dealkylation sites (N-methyl/N-ethyl adjacent to an activating group) is 1. The van der Waals surface area contributed by atoms with Gasteiger partial charge in [0.25, 0.3) is 0 Å². The molecule has 1 fully saturated rings. The number of hydrogen-bond donors (Lipinski definition) is 1. The van der Waals surface area contributed by atoms with Crippen molar-refractivity contribution in [3.05, 3.63) is 35.4 Å². The lowest BCUT2D eigenvalue weighted by Gasteiger charge is -2.27. The third kappa shape index (κ3) is 3.80. The molecule has 1 aromatic carbocycles. The molecule has 1 aromatic rings. The molecule has 2 heteroatoms. The van der Waals surface area contributed by atoms with Crippen molar-refractivity contribution in [2.24, 2.45) is 11.7 Å². The summed E-state index contributed by atoms with van der Waals surface area (Å²) in [4.78, 5) is 2.42. The fourth-order valence-electron chi connectivity index (χ4n) is 2.65. The van der Waals surface area contributed by atoms with Gasteiger partial charge in [0, 0.05) is 18.6 Å². The first-order valence-corrected chi connectivity index (χ1v) is 7.54. The van der Waals surface area contributed by atoms with Gasteiger partial charge in [0.1, 0.15) is 0 Å². The minimum atomic E-state index is 0.118. The van der Waals surface area contributed by atoms with Crippen molar-refractivity contribution < 1.29 is 0 Å². The van der Waals surface area contributed by atoms with E-state index in [4.69, 9.17) is 5.73 Å². The molecule has 2 N–H and O–H groups in total. The molecule has 0 bridgehead atoms. The van der Waals surface area contributed by atoms with Gasteiger partial charge in [0.05, 0.1) is 0 Å². The van der Waals surface area contributed by atoms with E-state index in [2.05, 4.69) is 57.0 Å². The maximum Gasteiger partial charge on any atom is 0.0424 e. The third-order valence-electron chi connectivity index (χ3n) is 4.52. The van der Waals surface area contributed by atoms with Crippen molar-refractivity contribution in [3.63, 3.8) is 0 Å². The highest BCUT2D eigenvalue weighted by molar-refractivity contribution is 5.26. The molecule has 0 spiro atoms. The summed E-state index contributed by atoms with van der Waals surface area (Å²) in [6.07, 6.45) is 2.79. The molecule has 0 radical (unpaired) electrons. The minimum absolute atomic E-state index is 0.118. The van der Waals surface area contributed by atoms with Crippen LogP contribution in [0.2, 0.25) is 0 Å². The Hall–Kier alpha value is -0.860. The molecule has 2 nitrogen and oxygen atoms in total. The van der Waals surface area contributed by atoms with Crippen LogP contribution in [0.5, 0.6) is 0 Å². The first-order chi connectivity index (χ1) is 8.99. The molecule has 0 saturated heterocycles. The lowest BCUT2D eigenvalue weighted by Crippen LogP contribution is -2.36. The maximum atomic E-state index is 6.34. The Morgan fingerprint density at radius 2 is 1.63 bits per heavy atom. The normalized spacial score (nSPS) is 18.9. The second-order valence-electron chi connectivity index (χ2n) is 6.45. The molecule has 2 atom stereocenters. The molecule has 1 saturated carbocycles. The van der Waals surface area contributed by atoms with Crippen LogP contribution in [-0.2, 0) is 0 Å². The molecule has 0 heterocycles. The van der Waals surface area contributed by atoms with Crippen molar-refractivity contribution in [1.29, 1.82) is 0 Å². The van der Waals surface area contributed by atoms with Crippen molar-refractivity contribution >= 4 is 0 Å². The third-order valence-corrected chi connectivity index (χ3v) is 4.52. The van der Waals surface area contributed by atoms with E-state index in [0.29, 0.717) is 12.0 Å². The molecular weight excluding hydrogens is 232 g/mol. The number of benzene rings is 1. The van der Waals surface area contributed by atoms with Gasteiger partial charge in [-0.05, 0) is 49.8 Å². The molecule has 0 aromatic heterocycles. The van der Waals surface area contributed by atoms with Gasteiger partial charge in [0.2, 0.25) is 0 Å². The van der Waals surface area contributed by atoms with E-state index >= 15 is 0 Å². The maximum absolute atomic E-state index is 6.34. The van der Waals surface area contributed by atoms with Crippen LogP contribution in [-0.4, -0.2) is 24.5 Å². The predicted octanol–water partition coefficient (Wildman–Crippen LogP) is 3.54. The first kappa shape index (κ1) is 14.5. The smallest absolute Gasteiger partial charge is 0.0424 e. The van der Waals surface area contributed by atoms with Gasteiger partial charge in [-0.3, -0.25) is 0 Å². The Kier molecular flexibility index (Phi) is 4.64. The Morgan fingerprint density at radius 3 is 2.11 bits per heavy atom. The highest BCUT2D eigenvalue weighted by Crippen LogP contribution is 2.35. The van der Waals surface area contributed by atoms with Crippen LogP contribution in [0.25, 0.3) is 0 Å². The summed E-state index contributed by atoms with van der Waals surface area (Å²) in [6.45, 7) is 7.71. The van der Waals surface area contributed by atoms with Crippen LogP contribution < -0.4 is 5.73 Å². The van der Waals surface area contributed by atoms with Crippen LogP contribution in [0.1, 0.15) is 56.7 Å². The molecule has 0 aliphatic heterocycles. The van der Waals surface area contributed by atoms with Crippen molar-refractivity contribution in [1.82, 2.24) is 4.90 Å². The molecule has 19 heavy (non-hydrogen) atoms. The minimum Gasteiger partial charge on any atom is -0.323 e. The van der Waals surface area contributed by atoms with Gasteiger partial charge in [-0.25, -0.2) is 0 Å². The van der Waals surface area contributed by atoms with Crippen LogP contribution in [0.15, 0.2) is 24.3 Å². The Morgan fingerprint density at radius 1 is 1.11 bits per heavy atom. The SMILES string of the molecule is CC(C)c1ccc(C(N)CN(C)C(C)C2CC2)cc1. The molecule has 106 valence electrons. The predicted molar refractivity (Wildman–Crippen MR) is 82.3 cm³/mol. The molecular formula is C17H28N2. The fraction of sp³-hybridized carbons (Fsp3) is 0.647. The Bertz CT molecular complexity index is 392. The second kappa shape index (κ2) is 6.06. The fourth-order valence-corrected chi connectivity index (χ4v) is 2.65. The summed E-state index contributed by atoms with van der Waals surface area (Å²) in [5.74, 6) is 1.49. The van der Waals surface area contributed by atoms with Gasteiger partial charge >= 0.3 is 0 Å². The zero-order valence-corrected chi connectivity index (χ0v) is 12.8. The van der Waals surface area contributed by atoms with E-state index in [-0.39, 0.29) is 6.04 Å². The van der Waals surface area contributed by atoms with E-state index in [1.807, 2.05) is 0 Å². The van der Waals surface area contributed by atoms with Gasteiger partial charge < -0.3 is 10.6 Å². The van der Waals surface area contributed by atoms with Gasteiger partial charge in [0.15, 0.2) is 0 Å². The summed E-state index contributed by atoms with van der Waals surface area (Å²) in [6, 6.07) is 9.59. The van der Waals surface area contributed by atoms with Gasteiger partial charge in [-0.1, -0.05) is 38.1 Å². The number of nitrogens with zero attached hydrogens (tertiary/aromatic N) is 1. The molecule has 1 aliphatic rings. The Balaban J connectivity index is 1.93. The second-order valence-corrected chi connectivity index (χ2v) is 6.45. The van der Waals surface area contributed by atoms with Crippen LogP contribution in [0.3, 0.4) is 0 Å². The van der Waals surface area contributed by atoms with Crippen molar-refractivity contribution in [2.75, 3.05) is 13.6 Å². The zero-order chi connectivity index (χ0) is 14.0. The van der Waals surface area contributed by atoms with E-state index in [9.17, 15) is 0 Å². The van der Waals surface area contributed by atoms with Crippen LogP contribution >= 0.6 is 0 Å². The van der Waals surface area contributed by atoms with E-state index in [1.54, 1.807) is 0 Å². The number of hydrogen-bond acceptors (Lipinski definition) is 2. The van der Waals surface area contributed by atoms with Crippen molar-refractivity contribution in [2.45, 2.75) is 51.6 Å². The Labute approximate surface area is 118 Å². The highest BCUT2D eigenvalue weighted by atomic mass is 15.1. The zero-order valence-electron chi connectivity index (χ0n) is 12.8. The average Bonchev–Trinajstić information content (AvgIpc) is 3.22. The molecule has 2 unspecified atom stereocenters. The topological polar surface area (TPSA) is 29.3 Å². The lowest BCUT2D eigenvalue weighted by molar-refractivity contribution is 0.221. The highest BCUT2D eigenvalue weighted by Gasteiger charge is 2.30. The van der Waals surface area contributed by atoms with Crippen molar-refractivity contribution in [3.8, 4) is 0 Å².